The van der Waals surface area contributed by atoms with Crippen LogP contribution in [0.4, 0.5) is 0 Å². The lowest BCUT2D eigenvalue weighted by molar-refractivity contribution is 1.14. The van der Waals surface area contributed by atoms with Gasteiger partial charge in [-0.05, 0) is 67.6 Å². The molecule has 0 spiro atoms. The second-order valence-corrected chi connectivity index (χ2v) is 8.32. The highest BCUT2D eigenvalue weighted by atomic mass is 14.0. The van der Waals surface area contributed by atoms with Gasteiger partial charge in [0.2, 0.25) is 0 Å². The van der Waals surface area contributed by atoms with Crippen molar-refractivity contribution in [2.45, 2.75) is 68.7 Å². The lowest BCUT2D eigenvalue weighted by Gasteiger charge is -2.05. The largest absolute Gasteiger partial charge is 0.0988 e. The van der Waals surface area contributed by atoms with Crippen molar-refractivity contribution in [1.82, 2.24) is 0 Å². The average molecular weight is 481 g/mol. The van der Waals surface area contributed by atoms with Crippen LogP contribution in [0.5, 0.6) is 0 Å². The zero-order chi connectivity index (χ0) is 27.5. The van der Waals surface area contributed by atoms with Crippen LogP contribution in [-0.2, 0) is 6.42 Å². The van der Waals surface area contributed by atoms with Crippen LogP contribution < -0.4 is 0 Å². The van der Waals surface area contributed by atoms with Gasteiger partial charge in [0.05, 0.1) is 0 Å². The highest BCUT2D eigenvalue weighted by Gasteiger charge is 2.00. The minimum atomic E-state index is 1.02. The van der Waals surface area contributed by atoms with Crippen molar-refractivity contribution < 1.29 is 0 Å². The standard InChI is InChI=1S/C18H16.C9H12.C5H8.2C2H6/c1-13-3-6-15(7-4-13)17-10-9-16-11-14(2)5-8-18(16)12-17;1-3-9-6-4-8(2)5-7-9;1-4-5(2)3;2*1-2/h3-12H,1-2H3;4-7H,3H2,1-2H3;4H,1-2H2,3H3;2*1-2H3. The van der Waals surface area contributed by atoms with Gasteiger partial charge in [-0.3, -0.25) is 0 Å². The Bertz CT molecular complexity index is 1140. The fraction of sp³-hybridized carbons (Fsp3) is 0.278. The Balaban J connectivity index is 0.000000571. The number of hydrogen-bond donors (Lipinski definition) is 0. The highest BCUT2D eigenvalue weighted by Crippen LogP contribution is 2.25. The number of hydrogen-bond acceptors (Lipinski definition) is 0. The van der Waals surface area contributed by atoms with Crippen LogP contribution in [0.2, 0.25) is 0 Å². The third-order valence-electron chi connectivity index (χ3n) is 5.26. The molecule has 0 nitrogen and oxygen atoms in total. The molecule has 0 aromatic heterocycles. The van der Waals surface area contributed by atoms with Crippen molar-refractivity contribution in [1.29, 1.82) is 0 Å². The molecular formula is C36H48. The summed E-state index contributed by atoms with van der Waals surface area (Å²) >= 11 is 0. The zero-order valence-corrected chi connectivity index (χ0v) is 24.3. The first kappa shape index (κ1) is 32.6. The molecule has 0 aliphatic rings. The van der Waals surface area contributed by atoms with Gasteiger partial charge in [-0.25, -0.2) is 0 Å². The van der Waals surface area contributed by atoms with Gasteiger partial charge in [-0.1, -0.05) is 155 Å². The Morgan fingerprint density at radius 1 is 0.611 bits per heavy atom. The molecule has 0 heterocycles. The maximum absolute atomic E-state index is 3.56. The fourth-order valence-electron chi connectivity index (χ4n) is 3.11. The number of aryl methyl sites for hydroxylation is 4. The molecule has 0 amide bonds. The van der Waals surface area contributed by atoms with E-state index in [9.17, 15) is 0 Å². The van der Waals surface area contributed by atoms with Crippen molar-refractivity contribution in [2.75, 3.05) is 0 Å². The molecule has 4 rings (SSSR count). The molecule has 192 valence electrons. The maximum Gasteiger partial charge on any atom is -0.0178 e. The molecule has 0 fully saturated rings. The van der Waals surface area contributed by atoms with Crippen LogP contribution in [0.25, 0.3) is 21.9 Å². The Morgan fingerprint density at radius 3 is 1.47 bits per heavy atom. The molecule has 0 N–H and O–H groups in total. The summed E-state index contributed by atoms with van der Waals surface area (Å²) in [4.78, 5) is 0. The molecule has 0 unspecified atom stereocenters. The van der Waals surface area contributed by atoms with E-state index in [0.717, 1.165) is 12.0 Å². The molecule has 0 bridgehead atoms. The first-order chi connectivity index (χ1) is 17.3. The SMILES string of the molecule is C=CC(=C)C.CC.CC.CCc1ccc(C)cc1.Cc1ccc(-c2ccc3cc(C)ccc3c2)cc1. The quantitative estimate of drug-likeness (QED) is 0.256. The van der Waals surface area contributed by atoms with Crippen molar-refractivity contribution >= 4 is 10.8 Å². The predicted molar refractivity (Wildman–Crippen MR) is 167 cm³/mol. The van der Waals surface area contributed by atoms with E-state index in [1.807, 2.05) is 34.6 Å². The summed E-state index contributed by atoms with van der Waals surface area (Å²) in [6.45, 7) is 25.5. The van der Waals surface area contributed by atoms with Gasteiger partial charge in [0, 0.05) is 0 Å². The minimum absolute atomic E-state index is 1.02. The summed E-state index contributed by atoms with van der Waals surface area (Å²) in [6.07, 6.45) is 2.86. The molecule has 4 aromatic carbocycles. The molecule has 0 heteroatoms. The van der Waals surface area contributed by atoms with Crippen molar-refractivity contribution in [3.63, 3.8) is 0 Å². The summed E-state index contributed by atoms with van der Waals surface area (Å²) < 4.78 is 0. The summed E-state index contributed by atoms with van der Waals surface area (Å²) in [5, 5.41) is 2.62. The first-order valence-electron chi connectivity index (χ1n) is 13.2. The molecule has 0 saturated heterocycles. The minimum Gasteiger partial charge on any atom is -0.0988 e. The number of benzene rings is 4. The monoisotopic (exact) mass is 480 g/mol. The Labute approximate surface area is 222 Å². The van der Waals surface area contributed by atoms with Crippen LogP contribution in [0.3, 0.4) is 0 Å². The van der Waals surface area contributed by atoms with E-state index in [1.165, 1.54) is 44.2 Å². The van der Waals surface area contributed by atoms with Gasteiger partial charge in [-0.15, -0.1) is 0 Å². The van der Waals surface area contributed by atoms with Crippen LogP contribution in [0.1, 0.15) is 63.8 Å². The average Bonchev–Trinajstić information content (AvgIpc) is 2.92. The topological polar surface area (TPSA) is 0 Å². The molecule has 36 heavy (non-hydrogen) atoms. The van der Waals surface area contributed by atoms with Gasteiger partial charge in [-0.2, -0.15) is 0 Å². The Morgan fingerprint density at radius 2 is 1.00 bits per heavy atom. The molecule has 0 radical (unpaired) electrons. The fourth-order valence-corrected chi connectivity index (χ4v) is 3.11. The molecule has 0 saturated carbocycles. The smallest absolute Gasteiger partial charge is 0.0178 e. The van der Waals surface area contributed by atoms with Gasteiger partial charge in [0.1, 0.15) is 0 Å². The van der Waals surface area contributed by atoms with Gasteiger partial charge >= 0.3 is 0 Å². The summed E-state index contributed by atoms with van der Waals surface area (Å²) in [5.41, 5.74) is 8.95. The predicted octanol–water partition coefficient (Wildman–Crippen LogP) is 11.5. The zero-order valence-electron chi connectivity index (χ0n) is 24.3. The van der Waals surface area contributed by atoms with Crippen molar-refractivity contribution in [2.24, 2.45) is 0 Å². The van der Waals surface area contributed by atoms with E-state index in [-0.39, 0.29) is 0 Å². The molecule has 4 aromatic rings. The lowest BCUT2D eigenvalue weighted by atomic mass is 9.99. The van der Waals surface area contributed by atoms with Crippen LogP contribution in [-0.4, -0.2) is 0 Å². The van der Waals surface area contributed by atoms with Gasteiger partial charge < -0.3 is 0 Å². The summed E-state index contributed by atoms with van der Waals surface area (Å²) in [6, 6.07) is 30.6. The normalized spacial score (nSPS) is 9.03. The molecule has 0 aliphatic heterocycles. The molecular weight excluding hydrogens is 432 g/mol. The van der Waals surface area contributed by atoms with E-state index in [4.69, 9.17) is 0 Å². The third kappa shape index (κ3) is 12.4. The van der Waals surface area contributed by atoms with E-state index in [1.54, 1.807) is 6.08 Å². The molecule has 0 aliphatic carbocycles. The molecule has 0 atom stereocenters. The van der Waals surface area contributed by atoms with E-state index < -0.39 is 0 Å². The summed E-state index contributed by atoms with van der Waals surface area (Å²) in [7, 11) is 0. The second kappa shape index (κ2) is 18.9. The van der Waals surface area contributed by atoms with Gasteiger partial charge in [0.25, 0.3) is 0 Å². The Hall–Kier alpha value is -3.38. The van der Waals surface area contributed by atoms with Crippen molar-refractivity contribution in [3.05, 3.63) is 132 Å². The van der Waals surface area contributed by atoms with Crippen LogP contribution in [0, 0.1) is 20.8 Å². The third-order valence-corrected chi connectivity index (χ3v) is 5.26. The van der Waals surface area contributed by atoms with E-state index >= 15 is 0 Å². The first-order valence-corrected chi connectivity index (χ1v) is 13.2. The summed E-state index contributed by atoms with van der Waals surface area (Å²) in [5.74, 6) is 0. The number of fused-ring (bicyclic) bond motifs is 1. The van der Waals surface area contributed by atoms with Gasteiger partial charge in [0.15, 0.2) is 0 Å². The number of allylic oxidation sites excluding steroid dienone is 2. The lowest BCUT2D eigenvalue weighted by Crippen LogP contribution is -1.80. The van der Waals surface area contributed by atoms with E-state index in [2.05, 4.69) is 126 Å². The van der Waals surface area contributed by atoms with E-state index in [0.29, 0.717) is 0 Å². The number of rotatable bonds is 3. The van der Waals surface area contributed by atoms with Crippen molar-refractivity contribution in [3.8, 4) is 11.1 Å². The van der Waals surface area contributed by atoms with Crippen LogP contribution >= 0.6 is 0 Å². The maximum atomic E-state index is 3.56. The second-order valence-electron chi connectivity index (χ2n) is 8.32. The Kier molecular flexibility index (Phi) is 17.1. The highest BCUT2D eigenvalue weighted by molar-refractivity contribution is 5.87. The van der Waals surface area contributed by atoms with Crippen LogP contribution in [0.15, 0.2) is 110 Å².